The fourth-order valence-electron chi connectivity index (χ4n) is 2.43. The van der Waals surface area contributed by atoms with Gasteiger partial charge in [0.05, 0.1) is 6.42 Å². The number of fused-ring (bicyclic) bond motifs is 1. The van der Waals surface area contributed by atoms with Crippen LogP contribution in [0.1, 0.15) is 37.1 Å². The number of nitrogens with one attached hydrogen (secondary N) is 1. The largest absolute Gasteiger partial charge is 0.480 e. The van der Waals surface area contributed by atoms with Crippen molar-refractivity contribution in [3.05, 3.63) is 29.0 Å². The molecule has 0 saturated carbocycles. The summed E-state index contributed by atoms with van der Waals surface area (Å²) in [7, 11) is 0. The lowest BCUT2D eigenvalue weighted by atomic mass is 9.99. The van der Waals surface area contributed by atoms with Gasteiger partial charge in [0.25, 0.3) is 0 Å². The van der Waals surface area contributed by atoms with Gasteiger partial charge in [0, 0.05) is 5.39 Å². The Balaban J connectivity index is 2.17. The van der Waals surface area contributed by atoms with Gasteiger partial charge in [-0.25, -0.2) is 4.79 Å². The average molecular weight is 318 g/mol. The Bertz CT molecular complexity index is 736. The summed E-state index contributed by atoms with van der Waals surface area (Å²) in [5, 5.41) is 16.6. The molecule has 6 heteroatoms. The van der Waals surface area contributed by atoms with E-state index in [-0.39, 0.29) is 18.2 Å². The summed E-state index contributed by atoms with van der Waals surface area (Å²) in [5.74, 6) is -1.54. The molecule has 2 aromatic rings. The summed E-state index contributed by atoms with van der Waals surface area (Å²) in [5.41, 5.74) is 3.33. The summed E-state index contributed by atoms with van der Waals surface area (Å²) in [6.45, 7) is 7.65. The van der Waals surface area contributed by atoms with Crippen LogP contribution in [0.25, 0.3) is 11.0 Å². The summed E-state index contributed by atoms with van der Waals surface area (Å²) >= 11 is 0. The normalized spacial score (nSPS) is 13.7. The number of hydrogen-bond donors (Lipinski definition) is 2. The molecule has 23 heavy (non-hydrogen) atoms. The second kappa shape index (κ2) is 6.81. The van der Waals surface area contributed by atoms with E-state index in [2.05, 4.69) is 10.5 Å². The number of aryl methyl sites for hydroxylation is 2. The van der Waals surface area contributed by atoms with Crippen LogP contribution in [0.3, 0.4) is 0 Å². The molecule has 0 aliphatic carbocycles. The summed E-state index contributed by atoms with van der Waals surface area (Å²) in [6, 6.07) is 2.93. The molecule has 2 N–H and O–H groups in total. The van der Waals surface area contributed by atoms with E-state index in [1.807, 2.05) is 32.9 Å². The number of aromatic nitrogens is 1. The van der Waals surface area contributed by atoms with Gasteiger partial charge in [-0.2, -0.15) is 0 Å². The fraction of sp³-hybridized carbons (Fsp3) is 0.471. The number of nitrogens with zero attached hydrogens (tertiary/aromatic N) is 1. The number of aliphatic carboxylic acids is 1. The van der Waals surface area contributed by atoms with Crippen molar-refractivity contribution in [2.24, 2.45) is 5.92 Å². The minimum absolute atomic E-state index is 0.00425. The van der Waals surface area contributed by atoms with E-state index < -0.39 is 12.0 Å². The number of benzene rings is 1. The molecular formula is C17H22N2O4. The number of amides is 1. The summed E-state index contributed by atoms with van der Waals surface area (Å²) in [6.07, 6.45) is 0.665. The van der Waals surface area contributed by atoms with Gasteiger partial charge >= 0.3 is 5.97 Å². The van der Waals surface area contributed by atoms with Gasteiger partial charge in [-0.1, -0.05) is 25.4 Å². The van der Waals surface area contributed by atoms with Crippen molar-refractivity contribution in [1.82, 2.24) is 10.5 Å². The SMILES string of the molecule is CCC(C)C(NC(=O)Cc1noc2cc(C)c(C)cc12)C(=O)O. The number of carbonyl (C=O) groups excluding carboxylic acids is 1. The Morgan fingerprint density at radius 1 is 1.30 bits per heavy atom. The monoisotopic (exact) mass is 318 g/mol. The number of carbonyl (C=O) groups is 2. The van der Waals surface area contributed by atoms with Gasteiger partial charge in [0.1, 0.15) is 11.7 Å². The number of carboxylic acids is 1. The lowest BCUT2D eigenvalue weighted by Crippen LogP contribution is -2.45. The molecule has 0 aliphatic heterocycles. The van der Waals surface area contributed by atoms with Crippen molar-refractivity contribution in [1.29, 1.82) is 0 Å². The predicted octanol–water partition coefficient (Wildman–Crippen LogP) is 2.60. The molecule has 0 spiro atoms. The lowest BCUT2D eigenvalue weighted by molar-refractivity contribution is -0.143. The Kier molecular flexibility index (Phi) is 5.03. The molecule has 2 atom stereocenters. The molecule has 2 rings (SSSR count). The van der Waals surface area contributed by atoms with Gasteiger partial charge in [0.15, 0.2) is 5.58 Å². The lowest BCUT2D eigenvalue weighted by Gasteiger charge is -2.19. The Hall–Kier alpha value is -2.37. The van der Waals surface area contributed by atoms with Gasteiger partial charge in [-0.05, 0) is 43.0 Å². The highest BCUT2D eigenvalue weighted by molar-refractivity contribution is 5.89. The first kappa shape index (κ1) is 17.0. The molecule has 0 saturated heterocycles. The smallest absolute Gasteiger partial charge is 0.326 e. The van der Waals surface area contributed by atoms with Crippen molar-refractivity contribution in [3.8, 4) is 0 Å². The van der Waals surface area contributed by atoms with Crippen molar-refractivity contribution in [2.75, 3.05) is 0 Å². The van der Waals surface area contributed by atoms with Gasteiger partial charge in [-0.3, -0.25) is 4.79 Å². The highest BCUT2D eigenvalue weighted by Crippen LogP contribution is 2.23. The van der Waals surface area contributed by atoms with Crippen LogP contribution in [0, 0.1) is 19.8 Å². The average Bonchev–Trinajstić information content (AvgIpc) is 2.86. The van der Waals surface area contributed by atoms with Crippen LogP contribution in [-0.2, 0) is 16.0 Å². The number of carboxylic acid groups (broad SMARTS) is 1. The van der Waals surface area contributed by atoms with Crippen LogP contribution >= 0.6 is 0 Å². The van der Waals surface area contributed by atoms with Crippen molar-refractivity contribution in [2.45, 2.75) is 46.6 Å². The maximum atomic E-state index is 12.2. The molecular weight excluding hydrogens is 296 g/mol. The molecule has 6 nitrogen and oxygen atoms in total. The third kappa shape index (κ3) is 3.70. The maximum Gasteiger partial charge on any atom is 0.326 e. The van der Waals surface area contributed by atoms with Crippen molar-refractivity contribution < 1.29 is 19.2 Å². The summed E-state index contributed by atoms with van der Waals surface area (Å²) < 4.78 is 5.26. The third-order valence-electron chi connectivity index (χ3n) is 4.28. The van der Waals surface area contributed by atoms with Gasteiger partial charge < -0.3 is 14.9 Å². The molecule has 0 fully saturated rings. The van der Waals surface area contributed by atoms with E-state index in [1.54, 1.807) is 6.92 Å². The first-order chi connectivity index (χ1) is 10.8. The molecule has 1 aromatic carbocycles. The predicted molar refractivity (Wildman–Crippen MR) is 86.2 cm³/mol. The minimum atomic E-state index is -1.02. The maximum absolute atomic E-state index is 12.2. The molecule has 1 amide bonds. The molecule has 1 aromatic heterocycles. The summed E-state index contributed by atoms with van der Waals surface area (Å²) in [4.78, 5) is 23.5. The molecule has 0 bridgehead atoms. The van der Waals surface area contributed by atoms with Gasteiger partial charge in [-0.15, -0.1) is 0 Å². The van der Waals surface area contributed by atoms with Crippen LogP contribution < -0.4 is 5.32 Å². The fourth-order valence-corrected chi connectivity index (χ4v) is 2.43. The highest BCUT2D eigenvalue weighted by atomic mass is 16.5. The number of hydrogen-bond acceptors (Lipinski definition) is 4. The van der Waals surface area contributed by atoms with E-state index in [0.717, 1.165) is 16.5 Å². The third-order valence-corrected chi connectivity index (χ3v) is 4.28. The zero-order chi connectivity index (χ0) is 17.1. The van der Waals surface area contributed by atoms with E-state index in [4.69, 9.17) is 4.52 Å². The molecule has 0 radical (unpaired) electrons. The van der Waals surface area contributed by atoms with Crippen LogP contribution in [0.4, 0.5) is 0 Å². The first-order valence-electron chi connectivity index (χ1n) is 7.71. The molecule has 0 aliphatic rings. The van der Waals surface area contributed by atoms with Crippen molar-refractivity contribution >= 4 is 22.8 Å². The molecule has 124 valence electrons. The van der Waals surface area contributed by atoms with Gasteiger partial charge in [0.2, 0.25) is 5.91 Å². The topological polar surface area (TPSA) is 92.4 Å². The molecule has 1 heterocycles. The van der Waals surface area contributed by atoms with Crippen molar-refractivity contribution in [3.63, 3.8) is 0 Å². The van der Waals surface area contributed by atoms with Crippen LogP contribution in [0.5, 0.6) is 0 Å². The minimum Gasteiger partial charge on any atom is -0.480 e. The van der Waals surface area contributed by atoms with Crippen LogP contribution in [0.2, 0.25) is 0 Å². The Morgan fingerprint density at radius 3 is 2.57 bits per heavy atom. The second-order valence-corrected chi connectivity index (χ2v) is 6.01. The van der Waals surface area contributed by atoms with E-state index >= 15 is 0 Å². The Labute approximate surface area is 134 Å². The van der Waals surface area contributed by atoms with Crippen LogP contribution in [-0.4, -0.2) is 28.2 Å². The molecule has 2 unspecified atom stereocenters. The second-order valence-electron chi connectivity index (χ2n) is 6.01. The standard InChI is InChI=1S/C17H22N2O4/c1-5-9(2)16(17(21)22)18-15(20)8-13-12-6-10(3)11(4)7-14(12)23-19-13/h6-7,9,16H,5,8H2,1-4H3,(H,18,20)(H,21,22). The quantitative estimate of drug-likeness (QED) is 0.854. The zero-order valence-corrected chi connectivity index (χ0v) is 13.8. The van der Waals surface area contributed by atoms with Crippen LogP contribution in [0.15, 0.2) is 16.7 Å². The Morgan fingerprint density at radius 2 is 1.96 bits per heavy atom. The van der Waals surface area contributed by atoms with E-state index in [9.17, 15) is 14.7 Å². The van der Waals surface area contributed by atoms with E-state index in [0.29, 0.717) is 17.7 Å². The highest BCUT2D eigenvalue weighted by Gasteiger charge is 2.26. The van der Waals surface area contributed by atoms with E-state index in [1.165, 1.54) is 0 Å². The first-order valence-corrected chi connectivity index (χ1v) is 7.71. The number of rotatable bonds is 6. The zero-order valence-electron chi connectivity index (χ0n) is 13.8.